The molecule has 0 spiro atoms. The number of nitrogens with zero attached hydrogens (tertiary/aromatic N) is 1. The Kier molecular flexibility index (Phi) is 4.84. The van der Waals surface area contributed by atoms with Crippen molar-refractivity contribution in [3.8, 4) is 0 Å². The number of rotatable bonds is 4. The Hall–Kier alpha value is -0.620. The number of amides is 1. The quantitative estimate of drug-likeness (QED) is 0.812. The van der Waals surface area contributed by atoms with E-state index in [4.69, 9.17) is 5.73 Å². The first-order valence-electron chi connectivity index (χ1n) is 7.18. The minimum absolute atomic E-state index is 0.0410. The number of piperidine rings is 1. The molecule has 0 aromatic carbocycles. The molecule has 0 aromatic heterocycles. The van der Waals surface area contributed by atoms with E-state index >= 15 is 0 Å². The van der Waals surface area contributed by atoms with E-state index in [0.29, 0.717) is 18.8 Å². The molecular formula is C13H24N2O3S. The summed E-state index contributed by atoms with van der Waals surface area (Å²) in [4.78, 5) is 14.0. The van der Waals surface area contributed by atoms with Crippen molar-refractivity contribution >= 4 is 15.7 Å². The van der Waals surface area contributed by atoms with Gasteiger partial charge in [0.2, 0.25) is 5.91 Å². The van der Waals surface area contributed by atoms with Crippen molar-refractivity contribution < 1.29 is 13.2 Å². The molecule has 110 valence electrons. The smallest absolute Gasteiger partial charge is 0.222 e. The molecule has 1 atom stereocenters. The standard InChI is InChI=1S/C13H24N2O3S/c14-5-1-11-2-6-15(7-3-11)13(16)9-12-4-8-19(17,18)10-12/h11-12H,1-10,14H2. The van der Waals surface area contributed by atoms with Crippen molar-refractivity contribution in [3.05, 3.63) is 0 Å². The Balaban J connectivity index is 1.76. The Morgan fingerprint density at radius 2 is 1.84 bits per heavy atom. The van der Waals surface area contributed by atoms with Gasteiger partial charge in [0.25, 0.3) is 0 Å². The molecule has 1 amide bonds. The summed E-state index contributed by atoms with van der Waals surface area (Å²) in [5.41, 5.74) is 5.55. The van der Waals surface area contributed by atoms with Crippen molar-refractivity contribution in [3.63, 3.8) is 0 Å². The van der Waals surface area contributed by atoms with Gasteiger partial charge in [-0.25, -0.2) is 8.42 Å². The molecule has 2 aliphatic heterocycles. The van der Waals surface area contributed by atoms with Gasteiger partial charge in [0, 0.05) is 19.5 Å². The molecule has 5 nitrogen and oxygen atoms in total. The van der Waals surface area contributed by atoms with Crippen molar-refractivity contribution in [2.45, 2.75) is 32.1 Å². The molecule has 0 aliphatic carbocycles. The molecule has 6 heteroatoms. The number of hydrogen-bond donors (Lipinski definition) is 1. The fourth-order valence-corrected chi connectivity index (χ4v) is 4.98. The van der Waals surface area contributed by atoms with Crippen LogP contribution in [0.15, 0.2) is 0 Å². The van der Waals surface area contributed by atoms with Crippen LogP contribution in [0.2, 0.25) is 0 Å². The first-order valence-corrected chi connectivity index (χ1v) is 9.00. The summed E-state index contributed by atoms with van der Waals surface area (Å²) < 4.78 is 22.8. The molecule has 2 rings (SSSR count). The molecule has 2 saturated heterocycles. The van der Waals surface area contributed by atoms with E-state index in [-0.39, 0.29) is 23.3 Å². The fraction of sp³-hybridized carbons (Fsp3) is 0.923. The maximum Gasteiger partial charge on any atom is 0.222 e. The molecule has 2 N–H and O–H groups in total. The third kappa shape index (κ3) is 4.18. The topological polar surface area (TPSA) is 80.5 Å². The number of hydrogen-bond acceptors (Lipinski definition) is 4. The summed E-state index contributed by atoms with van der Waals surface area (Å²) in [7, 11) is -2.87. The number of likely N-dealkylation sites (tertiary alicyclic amines) is 1. The zero-order valence-electron chi connectivity index (χ0n) is 11.4. The summed E-state index contributed by atoms with van der Waals surface area (Å²) in [6.45, 7) is 2.34. The van der Waals surface area contributed by atoms with Crippen LogP contribution in [0.3, 0.4) is 0 Å². The fourth-order valence-electron chi connectivity index (χ4n) is 3.12. The van der Waals surface area contributed by atoms with E-state index in [0.717, 1.165) is 38.9 Å². The molecular weight excluding hydrogens is 264 g/mol. The first-order chi connectivity index (χ1) is 9.00. The van der Waals surface area contributed by atoms with Gasteiger partial charge in [0.05, 0.1) is 11.5 Å². The van der Waals surface area contributed by atoms with E-state index in [1.54, 1.807) is 0 Å². The lowest BCUT2D eigenvalue weighted by Gasteiger charge is -2.32. The number of carbonyl (C=O) groups is 1. The summed E-state index contributed by atoms with van der Waals surface area (Å²) in [6.07, 6.45) is 4.17. The second-order valence-electron chi connectivity index (χ2n) is 5.87. The van der Waals surface area contributed by atoms with Gasteiger partial charge in [-0.05, 0) is 44.1 Å². The zero-order chi connectivity index (χ0) is 13.9. The Morgan fingerprint density at radius 1 is 1.16 bits per heavy atom. The lowest BCUT2D eigenvalue weighted by molar-refractivity contribution is -0.133. The molecule has 1 unspecified atom stereocenters. The highest BCUT2D eigenvalue weighted by Gasteiger charge is 2.31. The van der Waals surface area contributed by atoms with Gasteiger partial charge in [-0.2, -0.15) is 0 Å². The molecule has 19 heavy (non-hydrogen) atoms. The average molecular weight is 288 g/mol. The Labute approximate surface area is 115 Å². The van der Waals surface area contributed by atoms with Crippen LogP contribution >= 0.6 is 0 Å². The van der Waals surface area contributed by atoms with Crippen LogP contribution in [0.25, 0.3) is 0 Å². The summed E-state index contributed by atoms with van der Waals surface area (Å²) in [6, 6.07) is 0. The van der Waals surface area contributed by atoms with Crippen LogP contribution in [0, 0.1) is 11.8 Å². The van der Waals surface area contributed by atoms with Crippen LogP contribution in [-0.2, 0) is 14.6 Å². The lowest BCUT2D eigenvalue weighted by atomic mass is 9.93. The van der Waals surface area contributed by atoms with Crippen LogP contribution in [0.1, 0.15) is 32.1 Å². The molecule has 2 fully saturated rings. The van der Waals surface area contributed by atoms with Gasteiger partial charge >= 0.3 is 0 Å². The number of sulfone groups is 1. The lowest BCUT2D eigenvalue weighted by Crippen LogP contribution is -2.39. The highest BCUT2D eigenvalue weighted by atomic mass is 32.2. The minimum Gasteiger partial charge on any atom is -0.343 e. The Bertz CT molecular complexity index is 414. The average Bonchev–Trinajstić information content (AvgIpc) is 2.70. The maximum absolute atomic E-state index is 12.1. The van der Waals surface area contributed by atoms with Gasteiger partial charge in [-0.15, -0.1) is 0 Å². The van der Waals surface area contributed by atoms with E-state index in [9.17, 15) is 13.2 Å². The molecule has 0 bridgehead atoms. The minimum atomic E-state index is -2.87. The summed E-state index contributed by atoms with van der Waals surface area (Å²) in [5, 5.41) is 0. The molecule has 0 radical (unpaired) electrons. The molecule has 2 heterocycles. The highest BCUT2D eigenvalue weighted by Crippen LogP contribution is 2.25. The zero-order valence-corrected chi connectivity index (χ0v) is 12.2. The summed E-state index contributed by atoms with van der Waals surface area (Å²) in [5.74, 6) is 1.28. The Morgan fingerprint density at radius 3 is 2.37 bits per heavy atom. The van der Waals surface area contributed by atoms with Gasteiger partial charge in [-0.1, -0.05) is 0 Å². The first kappa shape index (κ1) is 14.8. The van der Waals surface area contributed by atoms with Crippen molar-refractivity contribution in [2.75, 3.05) is 31.1 Å². The van der Waals surface area contributed by atoms with E-state index in [2.05, 4.69) is 0 Å². The van der Waals surface area contributed by atoms with E-state index in [1.807, 2.05) is 4.90 Å². The SMILES string of the molecule is NCCC1CCN(C(=O)CC2CCS(=O)(=O)C2)CC1. The van der Waals surface area contributed by atoms with Gasteiger partial charge < -0.3 is 10.6 Å². The molecule has 0 aromatic rings. The monoisotopic (exact) mass is 288 g/mol. The predicted molar refractivity (Wildman–Crippen MR) is 74.4 cm³/mol. The largest absolute Gasteiger partial charge is 0.343 e. The normalized spacial score (nSPS) is 27.6. The molecule has 0 saturated carbocycles. The van der Waals surface area contributed by atoms with Crippen LogP contribution < -0.4 is 5.73 Å². The van der Waals surface area contributed by atoms with Gasteiger partial charge in [-0.3, -0.25) is 4.79 Å². The van der Waals surface area contributed by atoms with Crippen molar-refractivity contribution in [1.82, 2.24) is 4.90 Å². The van der Waals surface area contributed by atoms with Gasteiger partial charge in [0.1, 0.15) is 0 Å². The number of carbonyl (C=O) groups excluding carboxylic acids is 1. The second-order valence-corrected chi connectivity index (χ2v) is 8.10. The van der Waals surface area contributed by atoms with Crippen LogP contribution in [0.5, 0.6) is 0 Å². The molecule has 2 aliphatic rings. The maximum atomic E-state index is 12.1. The summed E-state index contributed by atoms with van der Waals surface area (Å²) >= 11 is 0. The van der Waals surface area contributed by atoms with Crippen LogP contribution in [-0.4, -0.2) is 50.4 Å². The van der Waals surface area contributed by atoms with Crippen molar-refractivity contribution in [1.29, 1.82) is 0 Å². The van der Waals surface area contributed by atoms with E-state index < -0.39 is 9.84 Å². The highest BCUT2D eigenvalue weighted by molar-refractivity contribution is 7.91. The third-order valence-corrected chi connectivity index (χ3v) is 6.17. The number of nitrogens with two attached hydrogens (primary N) is 1. The van der Waals surface area contributed by atoms with E-state index in [1.165, 1.54) is 0 Å². The third-order valence-electron chi connectivity index (χ3n) is 4.33. The van der Waals surface area contributed by atoms with Crippen LogP contribution in [0.4, 0.5) is 0 Å². The second kappa shape index (κ2) is 6.22. The van der Waals surface area contributed by atoms with Gasteiger partial charge in [0.15, 0.2) is 9.84 Å². The predicted octanol–water partition coefficient (Wildman–Crippen LogP) is 0.399. The van der Waals surface area contributed by atoms with Crippen molar-refractivity contribution in [2.24, 2.45) is 17.6 Å².